The first-order valence-electron chi connectivity index (χ1n) is 11.1. The minimum absolute atomic E-state index is 0.00226. The zero-order valence-corrected chi connectivity index (χ0v) is 19.1. The summed E-state index contributed by atoms with van der Waals surface area (Å²) in [5.41, 5.74) is 3.08. The monoisotopic (exact) mass is 437 g/mol. The molecule has 1 aromatic heterocycles. The molecule has 0 bridgehead atoms. The van der Waals surface area contributed by atoms with Crippen molar-refractivity contribution >= 4 is 12.0 Å². The summed E-state index contributed by atoms with van der Waals surface area (Å²) in [6, 6.07) is 8.08. The molecule has 0 saturated carbocycles. The number of carbonyl (C=O) groups is 2. The van der Waals surface area contributed by atoms with Crippen LogP contribution in [-0.4, -0.2) is 61.5 Å². The Kier molecular flexibility index (Phi) is 5.90. The Morgan fingerprint density at radius 1 is 1.19 bits per heavy atom. The van der Waals surface area contributed by atoms with Gasteiger partial charge in [0.1, 0.15) is 5.69 Å². The number of nitrogens with one attached hydrogen (secondary N) is 1. The van der Waals surface area contributed by atoms with Crippen molar-refractivity contribution in [1.29, 1.82) is 0 Å². The number of aryl methyl sites for hydroxylation is 1. The van der Waals surface area contributed by atoms with Crippen LogP contribution in [0.15, 0.2) is 36.7 Å². The van der Waals surface area contributed by atoms with Crippen LogP contribution in [0, 0.1) is 12.8 Å². The number of amides is 2. The Hall–Kier alpha value is -3.00. The highest BCUT2D eigenvalue weighted by Crippen LogP contribution is 2.46. The number of carbonyl (C=O) groups excluding carboxylic acids is 1. The molecule has 0 spiro atoms. The molecule has 2 N–H and O–H groups in total. The molecule has 2 aliphatic heterocycles. The highest BCUT2D eigenvalue weighted by molar-refractivity contribution is 5.91. The van der Waals surface area contributed by atoms with Crippen molar-refractivity contribution in [3.8, 4) is 0 Å². The molecule has 2 saturated heterocycles. The molecule has 0 aliphatic carbocycles. The second kappa shape index (κ2) is 8.50. The summed E-state index contributed by atoms with van der Waals surface area (Å²) in [5.74, 6) is -0.00387. The molecule has 2 amide bonds. The van der Waals surface area contributed by atoms with Gasteiger partial charge in [-0.25, -0.2) is 9.78 Å². The Balaban J connectivity index is 1.53. The van der Waals surface area contributed by atoms with E-state index >= 15 is 0 Å². The fourth-order valence-corrected chi connectivity index (χ4v) is 5.14. The van der Waals surface area contributed by atoms with Crippen molar-refractivity contribution in [3.63, 3.8) is 0 Å². The van der Waals surface area contributed by atoms with Crippen molar-refractivity contribution < 1.29 is 14.7 Å². The predicted octanol–water partition coefficient (Wildman–Crippen LogP) is 3.24. The van der Waals surface area contributed by atoms with Gasteiger partial charge in [0.05, 0.1) is 24.1 Å². The smallest absolute Gasteiger partial charge is 0.407 e. The molecule has 8 heteroatoms. The molecule has 3 atom stereocenters. The number of hydrogen-bond donors (Lipinski definition) is 2. The lowest BCUT2D eigenvalue weighted by Gasteiger charge is -2.41. The van der Waals surface area contributed by atoms with Crippen LogP contribution < -0.4 is 5.32 Å². The van der Waals surface area contributed by atoms with E-state index in [-0.39, 0.29) is 29.4 Å². The van der Waals surface area contributed by atoms with Gasteiger partial charge in [-0.3, -0.25) is 14.7 Å². The molecule has 2 aliphatic rings. The Morgan fingerprint density at radius 2 is 1.94 bits per heavy atom. The number of carboxylic acid groups (broad SMARTS) is 1. The van der Waals surface area contributed by atoms with Gasteiger partial charge in [-0.2, -0.15) is 0 Å². The van der Waals surface area contributed by atoms with Gasteiger partial charge < -0.3 is 15.3 Å². The number of nitrogens with zero attached hydrogens (tertiary/aromatic N) is 4. The van der Waals surface area contributed by atoms with Gasteiger partial charge >= 0.3 is 6.09 Å². The van der Waals surface area contributed by atoms with Gasteiger partial charge in [0.2, 0.25) is 0 Å². The molecule has 2 fully saturated rings. The largest absolute Gasteiger partial charge is 0.465 e. The normalized spacial score (nSPS) is 23.2. The predicted molar refractivity (Wildman–Crippen MR) is 120 cm³/mol. The number of aromatic nitrogens is 2. The molecule has 1 unspecified atom stereocenters. The second-order valence-electron chi connectivity index (χ2n) is 9.78. The number of likely N-dealkylation sites (tertiary alicyclic amines) is 2. The summed E-state index contributed by atoms with van der Waals surface area (Å²) >= 11 is 0. The third-order valence-electron chi connectivity index (χ3n) is 6.60. The van der Waals surface area contributed by atoms with Crippen LogP contribution in [0.1, 0.15) is 60.5 Å². The zero-order valence-electron chi connectivity index (χ0n) is 19.1. The maximum atomic E-state index is 12.8. The lowest BCUT2D eigenvalue weighted by Crippen LogP contribution is -2.48. The third-order valence-corrected chi connectivity index (χ3v) is 6.60. The summed E-state index contributed by atoms with van der Waals surface area (Å²) in [7, 11) is 0. The lowest BCUT2D eigenvalue weighted by atomic mass is 10.0. The molecule has 4 rings (SSSR count). The number of hydrogen-bond acceptors (Lipinski definition) is 5. The van der Waals surface area contributed by atoms with Crippen LogP contribution in [0.5, 0.6) is 0 Å². The SMILES string of the molecule is Cc1ccccc1CNC(=O)c1cncc(C2C[C@@H]3CN(C(=O)O)C[C@@H]3N2C(C)(C)C)n1. The van der Waals surface area contributed by atoms with E-state index in [1.807, 2.05) is 31.2 Å². The van der Waals surface area contributed by atoms with E-state index in [1.165, 1.54) is 11.1 Å². The second-order valence-corrected chi connectivity index (χ2v) is 9.78. The molecule has 170 valence electrons. The quantitative estimate of drug-likeness (QED) is 0.762. The maximum Gasteiger partial charge on any atom is 0.407 e. The van der Waals surface area contributed by atoms with E-state index in [9.17, 15) is 14.7 Å². The summed E-state index contributed by atoms with van der Waals surface area (Å²) in [5, 5.41) is 12.4. The highest BCUT2D eigenvalue weighted by Gasteiger charge is 2.51. The molecule has 2 aromatic rings. The minimum Gasteiger partial charge on any atom is -0.465 e. The lowest BCUT2D eigenvalue weighted by molar-refractivity contribution is 0.0662. The first kappa shape index (κ1) is 22.2. The first-order chi connectivity index (χ1) is 15.1. The van der Waals surface area contributed by atoms with E-state index in [1.54, 1.807) is 6.20 Å². The van der Waals surface area contributed by atoms with Crippen molar-refractivity contribution in [1.82, 2.24) is 25.1 Å². The van der Waals surface area contributed by atoms with Crippen LogP contribution in [0.4, 0.5) is 4.79 Å². The van der Waals surface area contributed by atoms with Gasteiger partial charge in [-0.15, -0.1) is 0 Å². The van der Waals surface area contributed by atoms with Crippen LogP contribution >= 0.6 is 0 Å². The van der Waals surface area contributed by atoms with Crippen LogP contribution in [0.3, 0.4) is 0 Å². The number of fused-ring (bicyclic) bond motifs is 1. The highest BCUT2D eigenvalue weighted by atomic mass is 16.4. The summed E-state index contributed by atoms with van der Waals surface area (Å²) < 4.78 is 0. The van der Waals surface area contributed by atoms with Gasteiger partial charge in [-0.05, 0) is 51.2 Å². The number of rotatable bonds is 4. The molecule has 0 radical (unpaired) electrons. The van der Waals surface area contributed by atoms with Crippen LogP contribution in [-0.2, 0) is 6.54 Å². The third kappa shape index (κ3) is 4.32. The van der Waals surface area contributed by atoms with E-state index in [4.69, 9.17) is 0 Å². The summed E-state index contributed by atoms with van der Waals surface area (Å²) in [6.45, 7) is 9.90. The van der Waals surface area contributed by atoms with E-state index in [2.05, 4.69) is 41.0 Å². The number of benzene rings is 1. The van der Waals surface area contributed by atoms with E-state index in [0.29, 0.717) is 25.3 Å². The standard InChI is InChI=1S/C24H31N5O3/c1-15-7-5-6-8-16(15)10-26-22(30)19-12-25-11-18(27-19)20-9-17-13-28(23(31)32)14-21(17)29(20)24(2,3)4/h5-8,11-12,17,20-21H,9-10,13-14H2,1-4H3,(H,26,30)(H,31,32)/t17-,20?,21+/m1/s1. The van der Waals surface area contributed by atoms with Crippen molar-refractivity contribution in [2.45, 2.75) is 58.3 Å². The topological polar surface area (TPSA) is 98.7 Å². The molecular weight excluding hydrogens is 406 g/mol. The molecule has 32 heavy (non-hydrogen) atoms. The van der Waals surface area contributed by atoms with Crippen LogP contribution in [0.2, 0.25) is 0 Å². The first-order valence-corrected chi connectivity index (χ1v) is 11.1. The fourth-order valence-electron chi connectivity index (χ4n) is 5.14. The molecule has 3 heterocycles. The zero-order chi connectivity index (χ0) is 23.0. The van der Waals surface area contributed by atoms with Gasteiger partial charge in [0.15, 0.2) is 0 Å². The summed E-state index contributed by atoms with van der Waals surface area (Å²) in [4.78, 5) is 37.2. The molecule has 8 nitrogen and oxygen atoms in total. The minimum atomic E-state index is -0.864. The average Bonchev–Trinajstić information content (AvgIpc) is 3.30. The van der Waals surface area contributed by atoms with Gasteiger partial charge in [-0.1, -0.05) is 24.3 Å². The summed E-state index contributed by atoms with van der Waals surface area (Å²) in [6.07, 6.45) is 3.17. The van der Waals surface area contributed by atoms with Crippen molar-refractivity contribution in [2.75, 3.05) is 13.1 Å². The Morgan fingerprint density at radius 3 is 2.62 bits per heavy atom. The van der Waals surface area contributed by atoms with Gasteiger partial charge in [0.25, 0.3) is 5.91 Å². The maximum absolute atomic E-state index is 12.8. The fraction of sp³-hybridized carbons (Fsp3) is 0.500. The van der Waals surface area contributed by atoms with Crippen molar-refractivity contribution in [2.24, 2.45) is 5.92 Å². The van der Waals surface area contributed by atoms with Crippen LogP contribution in [0.25, 0.3) is 0 Å². The van der Waals surface area contributed by atoms with E-state index < -0.39 is 6.09 Å². The molecular formula is C24H31N5O3. The van der Waals surface area contributed by atoms with Gasteiger partial charge in [0, 0.05) is 31.2 Å². The van der Waals surface area contributed by atoms with Crippen molar-refractivity contribution in [3.05, 3.63) is 59.2 Å². The Bertz CT molecular complexity index is 1020. The Labute approximate surface area is 188 Å². The average molecular weight is 438 g/mol. The molecule has 1 aromatic carbocycles. The van der Waals surface area contributed by atoms with E-state index in [0.717, 1.165) is 23.2 Å².